The Bertz CT molecular complexity index is 451. The third kappa shape index (κ3) is 4.21. The monoisotopic (exact) mass is 268 g/mol. The smallest absolute Gasteiger partial charge is 0.240 e. The summed E-state index contributed by atoms with van der Waals surface area (Å²) in [6.07, 6.45) is 0.877. The number of nitrogens with two attached hydrogens (primary N) is 1. The summed E-state index contributed by atoms with van der Waals surface area (Å²) < 4.78 is 18.8. The van der Waals surface area contributed by atoms with Gasteiger partial charge in [-0.3, -0.25) is 4.79 Å². The maximum absolute atomic E-state index is 13.4. The summed E-state index contributed by atoms with van der Waals surface area (Å²) in [6, 6.07) is 4.60. The number of carbonyl (C=O) groups is 1. The van der Waals surface area contributed by atoms with Crippen LogP contribution in [0.3, 0.4) is 0 Å². The van der Waals surface area contributed by atoms with Crippen LogP contribution >= 0.6 is 0 Å². The lowest BCUT2D eigenvalue weighted by molar-refractivity contribution is -0.125. The average Bonchev–Trinajstić information content (AvgIpc) is 2.37. The molecule has 0 fully saturated rings. The second-order valence-electron chi connectivity index (χ2n) is 4.82. The molecule has 1 aromatic rings. The Morgan fingerprint density at radius 3 is 2.74 bits per heavy atom. The van der Waals surface area contributed by atoms with Gasteiger partial charge in [0.1, 0.15) is 23.7 Å². The fourth-order valence-corrected chi connectivity index (χ4v) is 1.50. The molecule has 0 aliphatic heterocycles. The minimum absolute atomic E-state index is 0.0604. The zero-order valence-electron chi connectivity index (χ0n) is 11.6. The van der Waals surface area contributed by atoms with Crippen molar-refractivity contribution in [3.8, 4) is 5.75 Å². The lowest BCUT2D eigenvalue weighted by atomic mass is 10.0. The highest BCUT2D eigenvalue weighted by atomic mass is 19.1. The van der Waals surface area contributed by atoms with Gasteiger partial charge in [-0.1, -0.05) is 13.0 Å². The van der Waals surface area contributed by atoms with Gasteiger partial charge in [0.2, 0.25) is 5.91 Å². The summed E-state index contributed by atoms with van der Waals surface area (Å²) in [5, 5.41) is 3.05. The summed E-state index contributed by atoms with van der Waals surface area (Å²) in [4.78, 5) is 11.5. The molecule has 1 atom stereocenters. The number of rotatable bonds is 7. The Kier molecular flexibility index (Phi) is 5.30. The molecule has 1 aromatic carbocycles. The van der Waals surface area contributed by atoms with Gasteiger partial charge < -0.3 is 15.8 Å². The van der Waals surface area contributed by atoms with Crippen molar-refractivity contribution in [2.75, 3.05) is 13.2 Å². The molecule has 0 spiro atoms. The molecule has 1 rings (SSSR count). The van der Waals surface area contributed by atoms with Crippen LogP contribution in [0.15, 0.2) is 18.2 Å². The van der Waals surface area contributed by atoms with Gasteiger partial charge in [0, 0.05) is 6.07 Å². The SMILES string of the molecule is CCCNC(C)(COc1ccc(C)c(F)c1)C(N)=O. The highest BCUT2D eigenvalue weighted by Crippen LogP contribution is 2.17. The summed E-state index contributed by atoms with van der Waals surface area (Å²) in [6.45, 7) is 6.06. The van der Waals surface area contributed by atoms with Crippen LogP contribution in [0.2, 0.25) is 0 Å². The standard InChI is InChI=1S/C14H21FN2O2/c1-4-7-17-14(3,13(16)18)9-19-11-6-5-10(2)12(15)8-11/h5-6,8,17H,4,7,9H2,1-3H3,(H2,16,18). The minimum atomic E-state index is -0.961. The van der Waals surface area contributed by atoms with Crippen molar-refractivity contribution in [1.82, 2.24) is 5.32 Å². The molecular formula is C14H21FN2O2. The maximum Gasteiger partial charge on any atom is 0.240 e. The van der Waals surface area contributed by atoms with Crippen LogP contribution in [0, 0.1) is 12.7 Å². The van der Waals surface area contributed by atoms with Gasteiger partial charge in [0.05, 0.1) is 0 Å². The molecule has 3 N–H and O–H groups in total. The molecule has 0 aliphatic carbocycles. The van der Waals surface area contributed by atoms with Crippen molar-refractivity contribution in [1.29, 1.82) is 0 Å². The van der Waals surface area contributed by atoms with Crippen molar-refractivity contribution in [3.63, 3.8) is 0 Å². The first-order chi connectivity index (χ1) is 8.89. The highest BCUT2D eigenvalue weighted by molar-refractivity contribution is 5.84. The Hall–Kier alpha value is -1.62. The van der Waals surface area contributed by atoms with E-state index in [0.717, 1.165) is 6.42 Å². The van der Waals surface area contributed by atoms with Gasteiger partial charge in [0.15, 0.2) is 0 Å². The second kappa shape index (κ2) is 6.52. The predicted molar refractivity (Wildman–Crippen MR) is 72.5 cm³/mol. The van der Waals surface area contributed by atoms with Crippen molar-refractivity contribution in [3.05, 3.63) is 29.6 Å². The van der Waals surface area contributed by atoms with Gasteiger partial charge >= 0.3 is 0 Å². The Labute approximate surface area is 113 Å². The number of halogens is 1. The van der Waals surface area contributed by atoms with Gasteiger partial charge in [-0.05, 0) is 38.4 Å². The third-order valence-corrected chi connectivity index (χ3v) is 2.98. The number of ether oxygens (including phenoxy) is 1. The molecule has 0 radical (unpaired) electrons. The Balaban J connectivity index is 2.70. The van der Waals surface area contributed by atoms with Gasteiger partial charge in [-0.15, -0.1) is 0 Å². The number of primary amides is 1. The van der Waals surface area contributed by atoms with Crippen LogP contribution in [0.5, 0.6) is 5.75 Å². The largest absolute Gasteiger partial charge is 0.491 e. The summed E-state index contributed by atoms with van der Waals surface area (Å²) in [5.74, 6) is -0.442. The van der Waals surface area contributed by atoms with Gasteiger partial charge in [-0.25, -0.2) is 4.39 Å². The van der Waals surface area contributed by atoms with Crippen molar-refractivity contribution in [2.45, 2.75) is 32.7 Å². The Morgan fingerprint density at radius 2 is 2.21 bits per heavy atom. The topological polar surface area (TPSA) is 64.3 Å². The van der Waals surface area contributed by atoms with E-state index in [4.69, 9.17) is 10.5 Å². The summed E-state index contributed by atoms with van der Waals surface area (Å²) in [5.41, 5.74) is 4.96. The number of carbonyl (C=O) groups excluding carboxylic acids is 1. The van der Waals surface area contributed by atoms with E-state index in [1.807, 2.05) is 6.92 Å². The number of aryl methyl sites for hydroxylation is 1. The van der Waals surface area contributed by atoms with Crippen LogP contribution in [-0.4, -0.2) is 24.6 Å². The lowest BCUT2D eigenvalue weighted by Gasteiger charge is -2.27. The first-order valence-corrected chi connectivity index (χ1v) is 6.33. The summed E-state index contributed by atoms with van der Waals surface area (Å²) in [7, 11) is 0. The van der Waals surface area contributed by atoms with Crippen LogP contribution in [0.4, 0.5) is 4.39 Å². The molecule has 0 bridgehead atoms. The first kappa shape index (κ1) is 15.4. The molecule has 0 aromatic heterocycles. The molecule has 19 heavy (non-hydrogen) atoms. The summed E-state index contributed by atoms with van der Waals surface area (Å²) >= 11 is 0. The molecule has 0 heterocycles. The second-order valence-corrected chi connectivity index (χ2v) is 4.82. The van der Waals surface area contributed by atoms with E-state index in [1.54, 1.807) is 26.0 Å². The van der Waals surface area contributed by atoms with Crippen LogP contribution in [0.25, 0.3) is 0 Å². The molecule has 0 saturated carbocycles. The molecule has 106 valence electrons. The third-order valence-electron chi connectivity index (χ3n) is 2.98. The van der Waals surface area contributed by atoms with E-state index >= 15 is 0 Å². The molecule has 5 heteroatoms. The normalized spacial score (nSPS) is 13.9. The van der Waals surface area contributed by atoms with Crippen molar-refractivity contribution >= 4 is 5.91 Å². The van der Waals surface area contributed by atoms with E-state index in [1.165, 1.54) is 6.07 Å². The number of benzene rings is 1. The van der Waals surface area contributed by atoms with Crippen LogP contribution < -0.4 is 15.8 Å². The first-order valence-electron chi connectivity index (χ1n) is 6.33. The van der Waals surface area contributed by atoms with E-state index in [2.05, 4.69) is 5.32 Å². The number of amides is 1. The maximum atomic E-state index is 13.4. The van der Waals surface area contributed by atoms with Crippen molar-refractivity contribution in [2.24, 2.45) is 5.73 Å². The predicted octanol–water partition coefficient (Wildman–Crippen LogP) is 1.76. The van der Waals surface area contributed by atoms with E-state index < -0.39 is 11.4 Å². The van der Waals surface area contributed by atoms with Crippen LogP contribution in [0.1, 0.15) is 25.8 Å². The quantitative estimate of drug-likeness (QED) is 0.792. The van der Waals surface area contributed by atoms with E-state index in [0.29, 0.717) is 17.9 Å². The average molecular weight is 268 g/mol. The van der Waals surface area contributed by atoms with Crippen molar-refractivity contribution < 1.29 is 13.9 Å². The molecule has 0 saturated heterocycles. The van der Waals surface area contributed by atoms with Gasteiger partial charge in [-0.2, -0.15) is 0 Å². The molecule has 1 amide bonds. The van der Waals surface area contributed by atoms with E-state index in [-0.39, 0.29) is 12.4 Å². The zero-order valence-corrected chi connectivity index (χ0v) is 11.6. The molecule has 1 unspecified atom stereocenters. The van der Waals surface area contributed by atoms with E-state index in [9.17, 15) is 9.18 Å². The highest BCUT2D eigenvalue weighted by Gasteiger charge is 2.31. The minimum Gasteiger partial charge on any atom is -0.491 e. The molecule has 0 aliphatic rings. The number of nitrogens with one attached hydrogen (secondary N) is 1. The zero-order chi connectivity index (χ0) is 14.5. The van der Waals surface area contributed by atoms with Crippen LogP contribution in [-0.2, 0) is 4.79 Å². The Morgan fingerprint density at radius 1 is 1.53 bits per heavy atom. The van der Waals surface area contributed by atoms with Gasteiger partial charge in [0.25, 0.3) is 0 Å². The lowest BCUT2D eigenvalue weighted by Crippen LogP contribution is -2.57. The molecule has 4 nitrogen and oxygen atoms in total. The fourth-order valence-electron chi connectivity index (χ4n) is 1.50. The number of hydrogen-bond donors (Lipinski definition) is 2. The number of hydrogen-bond acceptors (Lipinski definition) is 3. The molecular weight excluding hydrogens is 247 g/mol. The fraction of sp³-hybridized carbons (Fsp3) is 0.500.